The van der Waals surface area contributed by atoms with Crippen LogP contribution in [0.15, 0.2) is 176 Å². The minimum atomic E-state index is 0.627. The minimum Gasteiger partial charge on any atom is -0.262 e. The Balaban J connectivity index is 1.22. The Morgan fingerprint density at radius 3 is 1.55 bits per heavy atom. The Hall–Kier alpha value is -7.04. The summed E-state index contributed by atoms with van der Waals surface area (Å²) < 4.78 is 0. The number of hydrogen-bond acceptors (Lipinski definition) is 4. The molecular formula is C49H32N4. The van der Waals surface area contributed by atoms with Crippen LogP contribution in [0.2, 0.25) is 0 Å². The predicted molar refractivity (Wildman–Crippen MR) is 219 cm³/mol. The van der Waals surface area contributed by atoms with Crippen LogP contribution in [0.5, 0.6) is 0 Å². The summed E-state index contributed by atoms with van der Waals surface area (Å²) in [5.74, 6) is 1.91. The second-order valence-corrected chi connectivity index (χ2v) is 13.6. The SMILES string of the molecule is Cc1cc(-c2ccc(-c3cc(-c4nc(-c5ccccc5)nc(-c5ccccc5)n4)cc(-c4cc5cccc6ccc7cccc4c7c65)c3)cc2)ccn1. The van der Waals surface area contributed by atoms with E-state index in [1.807, 2.05) is 73.8 Å². The second kappa shape index (κ2) is 12.6. The number of aryl methyl sites for hydroxylation is 1. The first kappa shape index (κ1) is 30.8. The van der Waals surface area contributed by atoms with E-state index < -0.39 is 0 Å². The Labute approximate surface area is 307 Å². The molecule has 0 radical (unpaired) electrons. The molecule has 4 nitrogen and oxygen atoms in total. The summed E-state index contributed by atoms with van der Waals surface area (Å²) in [7, 11) is 0. The van der Waals surface area contributed by atoms with Crippen molar-refractivity contribution in [1.82, 2.24) is 19.9 Å². The van der Waals surface area contributed by atoms with Crippen LogP contribution in [-0.2, 0) is 0 Å². The Morgan fingerprint density at radius 1 is 0.340 bits per heavy atom. The molecule has 0 atom stereocenters. The van der Waals surface area contributed by atoms with Gasteiger partial charge in [0.15, 0.2) is 17.5 Å². The number of pyridine rings is 1. The van der Waals surface area contributed by atoms with Gasteiger partial charge in [0.2, 0.25) is 0 Å². The highest BCUT2D eigenvalue weighted by atomic mass is 15.0. The molecule has 2 heterocycles. The standard InChI is InChI=1S/C49H32N4/c1-31-26-38(24-25-50-31)32-18-20-33(21-19-32)40-27-41(44-30-39-16-8-14-34-22-23-35-15-9-17-43(44)46(35)45(34)39)29-42(28-40)49-52-47(36-10-4-2-5-11-36)51-48(53-49)37-12-6-3-7-13-37/h2-30H,1H3. The molecule has 0 amide bonds. The van der Waals surface area contributed by atoms with Crippen molar-refractivity contribution in [2.75, 3.05) is 0 Å². The molecule has 0 saturated carbocycles. The van der Waals surface area contributed by atoms with Crippen molar-refractivity contribution >= 4 is 32.3 Å². The summed E-state index contributed by atoms with van der Waals surface area (Å²) in [4.78, 5) is 19.6. The van der Waals surface area contributed by atoms with Gasteiger partial charge in [-0.1, -0.05) is 133 Å². The third-order valence-electron chi connectivity index (χ3n) is 10.2. The number of nitrogens with zero attached hydrogens (tertiary/aromatic N) is 4. The minimum absolute atomic E-state index is 0.627. The van der Waals surface area contributed by atoms with E-state index in [-0.39, 0.29) is 0 Å². The summed E-state index contributed by atoms with van der Waals surface area (Å²) in [5, 5.41) is 7.54. The highest BCUT2D eigenvalue weighted by Gasteiger charge is 2.18. The van der Waals surface area contributed by atoms with Crippen molar-refractivity contribution in [3.05, 3.63) is 182 Å². The third-order valence-corrected chi connectivity index (χ3v) is 10.2. The molecule has 2 aromatic heterocycles. The predicted octanol–water partition coefficient (Wildman–Crippen LogP) is 12.5. The topological polar surface area (TPSA) is 51.6 Å². The Bertz CT molecular complexity index is 2880. The van der Waals surface area contributed by atoms with Gasteiger partial charge in [-0.15, -0.1) is 0 Å². The second-order valence-electron chi connectivity index (χ2n) is 13.6. The highest BCUT2D eigenvalue weighted by Crippen LogP contribution is 2.42. The van der Waals surface area contributed by atoms with Crippen LogP contribution in [0.1, 0.15) is 5.69 Å². The molecule has 10 aromatic rings. The summed E-state index contributed by atoms with van der Waals surface area (Å²) in [6, 6.07) is 60.1. The lowest BCUT2D eigenvalue weighted by Gasteiger charge is -2.17. The summed E-state index contributed by atoms with van der Waals surface area (Å²) in [5.41, 5.74) is 10.6. The molecule has 248 valence electrons. The van der Waals surface area contributed by atoms with Gasteiger partial charge in [0.05, 0.1) is 0 Å². The van der Waals surface area contributed by atoms with Crippen LogP contribution in [0.4, 0.5) is 0 Å². The highest BCUT2D eigenvalue weighted by molar-refractivity contribution is 6.26. The molecular weight excluding hydrogens is 645 g/mol. The van der Waals surface area contributed by atoms with Gasteiger partial charge >= 0.3 is 0 Å². The van der Waals surface area contributed by atoms with E-state index in [1.54, 1.807) is 0 Å². The number of benzene rings is 8. The first-order valence-corrected chi connectivity index (χ1v) is 17.9. The molecule has 0 fully saturated rings. The van der Waals surface area contributed by atoms with Crippen molar-refractivity contribution in [3.8, 4) is 67.5 Å². The van der Waals surface area contributed by atoms with E-state index in [0.717, 1.165) is 50.2 Å². The van der Waals surface area contributed by atoms with E-state index in [9.17, 15) is 0 Å². The molecule has 0 spiro atoms. The molecule has 0 aliphatic rings. The zero-order chi connectivity index (χ0) is 35.3. The normalized spacial score (nSPS) is 11.5. The summed E-state index contributed by atoms with van der Waals surface area (Å²) in [6.07, 6.45) is 1.87. The fraction of sp³-hybridized carbons (Fsp3) is 0.0204. The molecule has 8 aromatic carbocycles. The Morgan fingerprint density at radius 2 is 0.887 bits per heavy atom. The number of aromatic nitrogens is 4. The fourth-order valence-corrected chi connectivity index (χ4v) is 7.60. The maximum absolute atomic E-state index is 5.14. The van der Waals surface area contributed by atoms with Crippen molar-refractivity contribution in [2.45, 2.75) is 6.92 Å². The maximum Gasteiger partial charge on any atom is 0.164 e. The molecule has 0 N–H and O–H groups in total. The van der Waals surface area contributed by atoms with Crippen molar-refractivity contribution in [2.24, 2.45) is 0 Å². The molecule has 53 heavy (non-hydrogen) atoms. The summed E-state index contributed by atoms with van der Waals surface area (Å²) >= 11 is 0. The fourth-order valence-electron chi connectivity index (χ4n) is 7.60. The van der Waals surface area contributed by atoms with Gasteiger partial charge in [0, 0.05) is 28.6 Å². The molecule has 0 unspecified atom stereocenters. The van der Waals surface area contributed by atoms with Crippen LogP contribution < -0.4 is 0 Å². The van der Waals surface area contributed by atoms with E-state index in [1.165, 1.54) is 37.9 Å². The lowest BCUT2D eigenvalue weighted by Crippen LogP contribution is -2.00. The Kier molecular flexibility index (Phi) is 7.33. The van der Waals surface area contributed by atoms with Crippen LogP contribution in [-0.4, -0.2) is 19.9 Å². The van der Waals surface area contributed by atoms with Crippen molar-refractivity contribution < 1.29 is 0 Å². The molecule has 4 heteroatoms. The largest absolute Gasteiger partial charge is 0.262 e. The molecule has 0 saturated heterocycles. The first-order chi connectivity index (χ1) is 26.1. The molecule has 0 bridgehead atoms. The van der Waals surface area contributed by atoms with Crippen molar-refractivity contribution in [3.63, 3.8) is 0 Å². The monoisotopic (exact) mass is 676 g/mol. The van der Waals surface area contributed by atoms with Gasteiger partial charge in [0.1, 0.15) is 0 Å². The van der Waals surface area contributed by atoms with E-state index >= 15 is 0 Å². The average Bonchev–Trinajstić information content (AvgIpc) is 3.23. The molecule has 0 aliphatic carbocycles. The lowest BCUT2D eigenvalue weighted by atomic mass is 9.87. The number of rotatable bonds is 6. The quantitative estimate of drug-likeness (QED) is 0.165. The van der Waals surface area contributed by atoms with Crippen LogP contribution in [0.25, 0.3) is 99.9 Å². The van der Waals surface area contributed by atoms with E-state index in [0.29, 0.717) is 17.5 Å². The van der Waals surface area contributed by atoms with Crippen LogP contribution >= 0.6 is 0 Å². The van der Waals surface area contributed by atoms with Gasteiger partial charge < -0.3 is 0 Å². The maximum atomic E-state index is 5.14. The average molecular weight is 677 g/mol. The number of hydrogen-bond donors (Lipinski definition) is 0. The van der Waals surface area contributed by atoms with E-state index in [2.05, 4.69) is 114 Å². The van der Waals surface area contributed by atoms with Gasteiger partial charge in [-0.25, -0.2) is 15.0 Å². The zero-order valence-electron chi connectivity index (χ0n) is 29.0. The van der Waals surface area contributed by atoms with Gasteiger partial charge in [-0.2, -0.15) is 0 Å². The smallest absolute Gasteiger partial charge is 0.164 e. The molecule has 10 rings (SSSR count). The van der Waals surface area contributed by atoms with E-state index in [4.69, 9.17) is 15.0 Å². The van der Waals surface area contributed by atoms with Crippen LogP contribution in [0.3, 0.4) is 0 Å². The van der Waals surface area contributed by atoms with Crippen LogP contribution in [0, 0.1) is 6.92 Å². The van der Waals surface area contributed by atoms with Gasteiger partial charge in [-0.05, 0) is 109 Å². The lowest BCUT2D eigenvalue weighted by molar-refractivity contribution is 1.07. The van der Waals surface area contributed by atoms with Gasteiger partial charge in [-0.3, -0.25) is 4.98 Å². The van der Waals surface area contributed by atoms with Crippen molar-refractivity contribution in [1.29, 1.82) is 0 Å². The zero-order valence-corrected chi connectivity index (χ0v) is 29.0. The first-order valence-electron chi connectivity index (χ1n) is 17.9. The van der Waals surface area contributed by atoms with Gasteiger partial charge in [0.25, 0.3) is 0 Å². The third kappa shape index (κ3) is 5.58. The summed E-state index contributed by atoms with van der Waals surface area (Å²) in [6.45, 7) is 2.03. The molecule has 0 aliphatic heterocycles.